The monoisotopic (exact) mass is 377 g/mol. The quantitative estimate of drug-likeness (QED) is 0.712. The summed E-state index contributed by atoms with van der Waals surface area (Å²) in [5.74, 6) is 1.47. The lowest BCUT2D eigenvalue weighted by Crippen LogP contribution is -2.46. The summed E-state index contributed by atoms with van der Waals surface area (Å²) in [6.07, 6.45) is 4.28. The van der Waals surface area contributed by atoms with Crippen LogP contribution in [0.4, 0.5) is 0 Å². The average molecular weight is 378 g/mol. The Hall–Kier alpha value is -1.75. The molecule has 1 atom stereocenters. The van der Waals surface area contributed by atoms with Crippen LogP contribution in [0.5, 0.6) is 11.5 Å². The summed E-state index contributed by atoms with van der Waals surface area (Å²) in [4.78, 5) is 15.6. The molecule has 1 N–H and O–H groups in total. The molecule has 0 spiro atoms. The second-order valence-corrected chi connectivity index (χ2v) is 7.74. The summed E-state index contributed by atoms with van der Waals surface area (Å²) in [5.41, 5.74) is 0.235. The van der Waals surface area contributed by atoms with E-state index in [-0.39, 0.29) is 17.9 Å². The number of hydrogen-bond acceptors (Lipinski definition) is 4. The van der Waals surface area contributed by atoms with E-state index in [9.17, 15) is 9.90 Å². The first-order valence-electron chi connectivity index (χ1n) is 10.1. The minimum absolute atomic E-state index is 0.144. The number of amides is 1. The first-order chi connectivity index (χ1) is 13.0. The Morgan fingerprint density at radius 2 is 1.85 bits per heavy atom. The Morgan fingerprint density at radius 3 is 2.37 bits per heavy atom. The molecule has 152 valence electrons. The van der Waals surface area contributed by atoms with Gasteiger partial charge in [0.25, 0.3) is 0 Å². The molecule has 27 heavy (non-hydrogen) atoms. The molecule has 1 aliphatic rings. The van der Waals surface area contributed by atoms with Gasteiger partial charge in [0.05, 0.1) is 26.2 Å². The number of rotatable bonds is 9. The lowest BCUT2D eigenvalue weighted by molar-refractivity contribution is -0.137. The summed E-state index contributed by atoms with van der Waals surface area (Å²) < 4.78 is 10.8. The number of aliphatic hydroxyl groups is 1. The van der Waals surface area contributed by atoms with Gasteiger partial charge in [-0.25, -0.2) is 0 Å². The minimum Gasteiger partial charge on any atom is -0.493 e. The summed E-state index contributed by atoms with van der Waals surface area (Å²) in [5, 5.41) is 9.94. The van der Waals surface area contributed by atoms with Crippen molar-refractivity contribution in [3.63, 3.8) is 0 Å². The highest BCUT2D eigenvalue weighted by Crippen LogP contribution is 2.42. The smallest absolute Gasteiger partial charge is 0.233 e. The van der Waals surface area contributed by atoms with E-state index in [0.29, 0.717) is 37.4 Å². The van der Waals surface area contributed by atoms with E-state index in [0.717, 1.165) is 24.8 Å². The summed E-state index contributed by atoms with van der Waals surface area (Å²) >= 11 is 0. The number of ether oxygens (including phenoxy) is 2. The summed E-state index contributed by atoms with van der Waals surface area (Å²) in [7, 11) is 3.23. The van der Waals surface area contributed by atoms with E-state index >= 15 is 0 Å². The molecular weight excluding hydrogens is 342 g/mol. The van der Waals surface area contributed by atoms with Crippen LogP contribution in [0.2, 0.25) is 0 Å². The molecule has 0 radical (unpaired) electrons. The fourth-order valence-electron chi connectivity index (χ4n) is 4.57. The number of carbonyl (C=O) groups is 1. The second kappa shape index (κ2) is 8.96. The molecule has 0 aliphatic carbocycles. The van der Waals surface area contributed by atoms with E-state index in [4.69, 9.17) is 9.47 Å². The number of benzene rings is 1. The summed E-state index contributed by atoms with van der Waals surface area (Å²) in [6.45, 7) is 7.78. The van der Waals surface area contributed by atoms with Gasteiger partial charge in [-0.15, -0.1) is 0 Å². The third kappa shape index (κ3) is 3.93. The molecule has 5 nitrogen and oxygen atoms in total. The van der Waals surface area contributed by atoms with Gasteiger partial charge in [0.2, 0.25) is 5.91 Å². The Kier molecular flexibility index (Phi) is 7.15. The third-order valence-electron chi connectivity index (χ3n) is 6.39. The Bertz CT molecular complexity index is 641. The fraction of sp³-hybridized carbons (Fsp3) is 0.682. The predicted molar refractivity (Wildman–Crippen MR) is 107 cm³/mol. The zero-order valence-electron chi connectivity index (χ0n) is 17.5. The molecule has 1 aliphatic heterocycles. The van der Waals surface area contributed by atoms with Crippen LogP contribution in [0.1, 0.15) is 58.4 Å². The molecule has 1 fully saturated rings. The number of likely N-dealkylation sites (tertiary alicyclic amines) is 1. The van der Waals surface area contributed by atoms with E-state index < -0.39 is 5.41 Å². The van der Waals surface area contributed by atoms with Crippen molar-refractivity contribution in [2.45, 2.75) is 58.3 Å². The summed E-state index contributed by atoms with van der Waals surface area (Å²) in [6, 6.07) is 5.79. The minimum atomic E-state index is -0.586. The van der Waals surface area contributed by atoms with Crippen LogP contribution in [0, 0.1) is 5.41 Å². The molecule has 5 heteroatoms. The average Bonchev–Trinajstić information content (AvgIpc) is 3.14. The van der Waals surface area contributed by atoms with Crippen LogP contribution in [-0.2, 0) is 10.2 Å². The number of carbonyl (C=O) groups excluding carboxylic acids is 1. The van der Waals surface area contributed by atoms with E-state index in [1.807, 2.05) is 23.1 Å². The van der Waals surface area contributed by atoms with Crippen molar-refractivity contribution >= 4 is 5.91 Å². The SMILES string of the molecule is CCCC1(CO)CCN(C(=O)C(CC)(CC)c2ccc(OC)c(OC)c2)C1. The molecular formula is C22H35NO4. The maximum Gasteiger partial charge on any atom is 0.233 e. The number of hydrogen-bond donors (Lipinski definition) is 1. The normalized spacial score (nSPS) is 20.0. The molecule has 2 rings (SSSR count). The van der Waals surface area contributed by atoms with E-state index in [1.165, 1.54) is 0 Å². The van der Waals surface area contributed by atoms with Crippen LogP contribution in [0.3, 0.4) is 0 Å². The van der Waals surface area contributed by atoms with Crippen LogP contribution < -0.4 is 9.47 Å². The first-order valence-corrected chi connectivity index (χ1v) is 10.1. The van der Waals surface area contributed by atoms with Crippen molar-refractivity contribution in [3.05, 3.63) is 23.8 Å². The van der Waals surface area contributed by atoms with Gasteiger partial charge in [-0.1, -0.05) is 33.3 Å². The fourth-order valence-corrected chi connectivity index (χ4v) is 4.57. The van der Waals surface area contributed by atoms with Crippen molar-refractivity contribution in [3.8, 4) is 11.5 Å². The van der Waals surface area contributed by atoms with Gasteiger partial charge in [-0.2, -0.15) is 0 Å². The maximum atomic E-state index is 13.7. The molecule has 1 amide bonds. The van der Waals surface area contributed by atoms with Crippen molar-refractivity contribution in [1.82, 2.24) is 4.90 Å². The molecule has 1 unspecified atom stereocenters. The number of methoxy groups -OCH3 is 2. The zero-order chi connectivity index (χ0) is 20.1. The number of aliphatic hydroxyl groups excluding tert-OH is 1. The topological polar surface area (TPSA) is 59.0 Å². The van der Waals surface area contributed by atoms with E-state index in [2.05, 4.69) is 20.8 Å². The predicted octanol–water partition coefficient (Wildman–Crippen LogP) is 3.77. The van der Waals surface area contributed by atoms with Gasteiger partial charge in [-0.05, 0) is 43.4 Å². The highest BCUT2D eigenvalue weighted by atomic mass is 16.5. The molecule has 1 aromatic carbocycles. The lowest BCUT2D eigenvalue weighted by Gasteiger charge is -2.36. The zero-order valence-corrected chi connectivity index (χ0v) is 17.5. The Labute approximate surface area is 163 Å². The molecule has 1 saturated heterocycles. The Morgan fingerprint density at radius 1 is 1.19 bits per heavy atom. The third-order valence-corrected chi connectivity index (χ3v) is 6.39. The van der Waals surface area contributed by atoms with Crippen LogP contribution in [-0.4, -0.2) is 49.8 Å². The molecule has 0 saturated carbocycles. The maximum absolute atomic E-state index is 13.7. The molecule has 0 bridgehead atoms. The Balaban J connectivity index is 2.37. The first kappa shape index (κ1) is 21.5. The van der Waals surface area contributed by atoms with Gasteiger partial charge >= 0.3 is 0 Å². The van der Waals surface area contributed by atoms with Crippen molar-refractivity contribution in [1.29, 1.82) is 0 Å². The molecule has 1 heterocycles. The molecule has 1 aromatic rings. The van der Waals surface area contributed by atoms with Crippen molar-refractivity contribution < 1.29 is 19.4 Å². The molecule has 0 aromatic heterocycles. The standard InChI is InChI=1S/C22H35NO4/c1-6-11-21(16-24)12-13-23(15-21)20(25)22(7-2,8-3)17-9-10-18(26-4)19(14-17)27-5/h9-10,14,24H,6-8,11-13,15-16H2,1-5H3. The van der Waals surface area contributed by atoms with Gasteiger partial charge in [0.1, 0.15) is 0 Å². The van der Waals surface area contributed by atoms with Gasteiger partial charge < -0.3 is 19.5 Å². The van der Waals surface area contributed by atoms with Crippen LogP contribution >= 0.6 is 0 Å². The van der Waals surface area contributed by atoms with E-state index in [1.54, 1.807) is 14.2 Å². The highest BCUT2D eigenvalue weighted by molar-refractivity contribution is 5.88. The van der Waals surface area contributed by atoms with Crippen molar-refractivity contribution in [2.75, 3.05) is 33.9 Å². The second-order valence-electron chi connectivity index (χ2n) is 7.74. The lowest BCUT2D eigenvalue weighted by atomic mass is 9.74. The van der Waals surface area contributed by atoms with Gasteiger partial charge in [0.15, 0.2) is 11.5 Å². The van der Waals surface area contributed by atoms with Crippen molar-refractivity contribution in [2.24, 2.45) is 5.41 Å². The van der Waals surface area contributed by atoms with Gasteiger partial charge in [0, 0.05) is 18.5 Å². The van der Waals surface area contributed by atoms with Gasteiger partial charge in [-0.3, -0.25) is 4.79 Å². The highest BCUT2D eigenvalue weighted by Gasteiger charge is 2.46. The number of nitrogens with zero attached hydrogens (tertiary/aromatic N) is 1. The van der Waals surface area contributed by atoms with Crippen LogP contribution in [0.15, 0.2) is 18.2 Å². The largest absolute Gasteiger partial charge is 0.493 e. The van der Waals surface area contributed by atoms with Crippen LogP contribution in [0.25, 0.3) is 0 Å².